The molecule has 3 rings (SSSR count). The summed E-state index contributed by atoms with van der Waals surface area (Å²) in [5, 5.41) is 34.3. The summed E-state index contributed by atoms with van der Waals surface area (Å²) < 4.78 is 0. The van der Waals surface area contributed by atoms with Crippen molar-refractivity contribution in [3.8, 4) is 11.5 Å². The van der Waals surface area contributed by atoms with E-state index in [1.807, 2.05) is 0 Å². The molecule has 156 valence electrons. The molecule has 0 unspecified atom stereocenters. The Hall–Kier alpha value is -3.84. The number of aromatic hydroxyl groups is 2. The molecule has 0 radical (unpaired) electrons. The Balaban J connectivity index is 0.000000229. The van der Waals surface area contributed by atoms with Crippen LogP contribution in [0.1, 0.15) is 26.3 Å². The van der Waals surface area contributed by atoms with Gasteiger partial charge in [0.05, 0.1) is 17.5 Å². The van der Waals surface area contributed by atoms with Crippen molar-refractivity contribution in [1.29, 1.82) is 0 Å². The molecule has 30 heavy (non-hydrogen) atoms. The molecule has 0 amide bonds. The van der Waals surface area contributed by atoms with E-state index in [1.54, 1.807) is 60.7 Å². The second kappa shape index (κ2) is 12.6. The van der Waals surface area contributed by atoms with Crippen molar-refractivity contribution in [2.24, 2.45) is 0 Å². The number of halogens is 1. The predicted molar refractivity (Wildman–Crippen MR) is 111 cm³/mol. The third-order valence-electron chi connectivity index (χ3n) is 3.43. The average molecular weight is 431 g/mol. The van der Waals surface area contributed by atoms with Gasteiger partial charge in [-0.05, 0) is 54.1 Å². The Morgan fingerprint density at radius 2 is 1.13 bits per heavy atom. The highest BCUT2D eigenvalue weighted by atomic mass is 35.5. The van der Waals surface area contributed by atoms with Crippen molar-refractivity contribution < 1.29 is 34.8 Å². The van der Waals surface area contributed by atoms with E-state index in [1.165, 1.54) is 18.2 Å². The number of benzene rings is 3. The molecule has 8 heteroatoms. The Morgan fingerprint density at radius 3 is 1.47 bits per heavy atom. The van der Waals surface area contributed by atoms with Crippen molar-refractivity contribution in [2.75, 3.05) is 0 Å². The average Bonchev–Trinajstić information content (AvgIpc) is 2.72. The molecule has 0 atom stereocenters. The van der Waals surface area contributed by atoms with Crippen molar-refractivity contribution in [3.63, 3.8) is 0 Å². The van der Waals surface area contributed by atoms with Crippen LogP contribution >= 0.6 is 11.6 Å². The molecular weight excluding hydrogens is 412 g/mol. The highest BCUT2D eigenvalue weighted by Gasteiger charge is 2.05. The molecule has 3 aromatic carbocycles. The van der Waals surface area contributed by atoms with E-state index in [2.05, 4.69) is 0 Å². The van der Waals surface area contributed by atoms with Crippen LogP contribution in [-0.4, -0.2) is 37.6 Å². The molecule has 0 saturated carbocycles. The maximum absolute atomic E-state index is 10.4. The summed E-state index contributed by atoms with van der Waals surface area (Å²) in [5.74, 6) is -1.80. The zero-order valence-corrected chi connectivity index (χ0v) is 16.4. The molecule has 0 aliphatic rings. The maximum Gasteiger partial charge on any atom is 0.335 e. The number of rotatable bonds is 4. The van der Waals surface area contributed by atoms with E-state index in [4.69, 9.17) is 32.0 Å². The number of phenols is 2. The molecule has 0 spiro atoms. The van der Waals surface area contributed by atoms with E-state index in [0.717, 1.165) is 0 Å². The van der Waals surface area contributed by atoms with Gasteiger partial charge in [-0.3, -0.25) is 4.79 Å². The van der Waals surface area contributed by atoms with Crippen LogP contribution in [0.2, 0.25) is 0 Å². The molecule has 0 bridgehead atoms. The van der Waals surface area contributed by atoms with Crippen molar-refractivity contribution >= 4 is 28.8 Å². The molecular formula is C22H19ClO7. The lowest BCUT2D eigenvalue weighted by molar-refractivity contribution is -0.111. The molecule has 0 aliphatic carbocycles. The molecule has 0 saturated heterocycles. The Morgan fingerprint density at radius 1 is 0.700 bits per heavy atom. The topological polar surface area (TPSA) is 132 Å². The first-order valence-electron chi connectivity index (χ1n) is 8.46. The summed E-state index contributed by atoms with van der Waals surface area (Å²) >= 11 is 5.10. The smallest absolute Gasteiger partial charge is 0.335 e. The predicted octanol–water partition coefficient (Wildman–Crippen LogP) is 4.18. The molecule has 0 aliphatic heterocycles. The van der Waals surface area contributed by atoms with Gasteiger partial charge in [-0.15, -0.1) is 0 Å². The fourth-order valence-corrected chi connectivity index (χ4v) is 2.17. The molecule has 0 fully saturated rings. The van der Waals surface area contributed by atoms with Crippen molar-refractivity contribution in [1.82, 2.24) is 0 Å². The van der Waals surface area contributed by atoms with E-state index >= 15 is 0 Å². The van der Waals surface area contributed by atoms with Gasteiger partial charge >= 0.3 is 11.9 Å². The highest BCUT2D eigenvalue weighted by molar-refractivity contribution is 6.63. The fraction of sp³-hybridized carbons (Fsp3) is 0.0455. The second-order valence-electron chi connectivity index (χ2n) is 5.69. The van der Waals surface area contributed by atoms with Crippen LogP contribution in [-0.2, 0) is 11.2 Å². The number of carbonyl (C=O) groups is 3. The van der Waals surface area contributed by atoms with Gasteiger partial charge in [0.25, 0.3) is 0 Å². The van der Waals surface area contributed by atoms with Gasteiger partial charge in [-0.25, -0.2) is 9.59 Å². The maximum atomic E-state index is 10.4. The van der Waals surface area contributed by atoms with Gasteiger partial charge in [-0.1, -0.05) is 36.4 Å². The third kappa shape index (κ3) is 9.38. The van der Waals surface area contributed by atoms with Crippen molar-refractivity contribution in [3.05, 3.63) is 95.6 Å². The molecule has 4 N–H and O–H groups in total. The van der Waals surface area contributed by atoms with Crippen LogP contribution in [0.3, 0.4) is 0 Å². The SMILES string of the molecule is O=C(Cl)Cc1cc(O)ccc1O.O=C(O)c1ccccc1.O=C(O)c1ccccc1. The summed E-state index contributed by atoms with van der Waals surface area (Å²) in [4.78, 5) is 30.9. The Bertz CT molecular complexity index is 924. The van der Waals surface area contributed by atoms with Crippen molar-refractivity contribution in [2.45, 2.75) is 6.42 Å². The number of aromatic carboxylic acids is 2. The van der Waals surface area contributed by atoms with Crippen LogP contribution in [0.15, 0.2) is 78.9 Å². The number of phenolic OH excluding ortho intramolecular Hbond substituents is 2. The van der Waals surface area contributed by atoms with Gasteiger partial charge in [0, 0.05) is 5.56 Å². The third-order valence-corrected chi connectivity index (χ3v) is 3.57. The monoisotopic (exact) mass is 430 g/mol. The zero-order chi connectivity index (χ0) is 22.5. The van der Waals surface area contributed by atoms with Gasteiger partial charge in [0.1, 0.15) is 11.5 Å². The van der Waals surface area contributed by atoms with Crippen LogP contribution < -0.4 is 0 Å². The number of hydrogen-bond acceptors (Lipinski definition) is 5. The minimum absolute atomic E-state index is 0.000664. The normalized spacial score (nSPS) is 9.23. The Labute approximate surface area is 177 Å². The van der Waals surface area contributed by atoms with Crippen LogP contribution in [0.25, 0.3) is 0 Å². The minimum Gasteiger partial charge on any atom is -0.508 e. The summed E-state index contributed by atoms with van der Waals surface area (Å²) in [5.41, 5.74) is 0.991. The first kappa shape index (κ1) is 24.2. The molecule has 3 aromatic rings. The summed E-state index contributed by atoms with van der Waals surface area (Å²) in [7, 11) is 0. The van der Waals surface area contributed by atoms with Crippen LogP contribution in [0.5, 0.6) is 11.5 Å². The lowest BCUT2D eigenvalue weighted by atomic mass is 10.1. The number of carboxylic acid groups (broad SMARTS) is 2. The molecule has 0 heterocycles. The van der Waals surface area contributed by atoms with Gasteiger partial charge in [-0.2, -0.15) is 0 Å². The first-order valence-corrected chi connectivity index (χ1v) is 8.84. The number of hydrogen-bond donors (Lipinski definition) is 4. The summed E-state index contributed by atoms with van der Waals surface area (Å²) in [6.07, 6.45) is -0.0816. The van der Waals surface area contributed by atoms with Crippen LogP contribution in [0, 0.1) is 0 Å². The van der Waals surface area contributed by atoms with E-state index in [9.17, 15) is 14.4 Å². The fourth-order valence-electron chi connectivity index (χ4n) is 2.02. The van der Waals surface area contributed by atoms with Gasteiger partial charge < -0.3 is 20.4 Å². The first-order chi connectivity index (χ1) is 14.2. The summed E-state index contributed by atoms with van der Waals surface area (Å²) in [6.45, 7) is 0. The standard InChI is InChI=1S/C8H7ClO3.2C7H6O2/c9-8(12)4-5-3-6(10)1-2-7(5)11;2*8-7(9)6-4-2-1-3-5-6/h1-3,10-11H,4H2;2*1-5H,(H,8,9). The van der Waals surface area contributed by atoms with Gasteiger partial charge in [0.15, 0.2) is 0 Å². The quantitative estimate of drug-likeness (QED) is 0.360. The lowest BCUT2D eigenvalue weighted by Crippen LogP contribution is -1.93. The second-order valence-corrected chi connectivity index (χ2v) is 6.11. The largest absolute Gasteiger partial charge is 0.508 e. The summed E-state index contributed by atoms with van der Waals surface area (Å²) in [6, 6.07) is 20.5. The van der Waals surface area contributed by atoms with Gasteiger partial charge in [0.2, 0.25) is 5.24 Å². The van der Waals surface area contributed by atoms with Crippen LogP contribution in [0.4, 0.5) is 0 Å². The number of carbonyl (C=O) groups excluding carboxylic acids is 1. The molecule has 0 aromatic heterocycles. The zero-order valence-electron chi connectivity index (χ0n) is 15.6. The molecule has 7 nitrogen and oxygen atoms in total. The number of carboxylic acids is 2. The lowest BCUT2D eigenvalue weighted by Gasteiger charge is -2.00. The minimum atomic E-state index is -0.879. The van der Waals surface area contributed by atoms with E-state index in [0.29, 0.717) is 16.7 Å². The Kier molecular flexibility index (Phi) is 10.2. The highest BCUT2D eigenvalue weighted by Crippen LogP contribution is 2.22. The van der Waals surface area contributed by atoms with E-state index in [-0.39, 0.29) is 17.9 Å². The van der Waals surface area contributed by atoms with E-state index < -0.39 is 17.2 Å².